The fourth-order valence-electron chi connectivity index (χ4n) is 1.04. The highest BCUT2D eigenvalue weighted by molar-refractivity contribution is 5.85. The van der Waals surface area contributed by atoms with Gasteiger partial charge in [0.2, 0.25) is 11.8 Å². The van der Waals surface area contributed by atoms with Crippen LogP contribution in [0.3, 0.4) is 0 Å². The molecule has 0 rings (SSSR count). The molecule has 0 aromatic carbocycles. The van der Waals surface area contributed by atoms with Crippen molar-refractivity contribution in [3.63, 3.8) is 0 Å². The molecule has 0 saturated heterocycles. The minimum absolute atomic E-state index is 0.124. The third-order valence-corrected chi connectivity index (χ3v) is 1.84. The van der Waals surface area contributed by atoms with E-state index in [9.17, 15) is 9.59 Å². The van der Waals surface area contributed by atoms with Gasteiger partial charge >= 0.3 is 0 Å². The first-order chi connectivity index (χ1) is 6.40. The van der Waals surface area contributed by atoms with Gasteiger partial charge < -0.3 is 16.4 Å². The Morgan fingerprint density at radius 1 is 1.36 bits per heavy atom. The molecule has 0 aliphatic heterocycles. The van der Waals surface area contributed by atoms with E-state index in [-0.39, 0.29) is 12.3 Å². The van der Waals surface area contributed by atoms with Crippen LogP contribution in [0.15, 0.2) is 0 Å². The zero-order valence-electron chi connectivity index (χ0n) is 9.02. The molecule has 14 heavy (non-hydrogen) atoms. The molecule has 0 heterocycles. The molecule has 0 bridgehead atoms. The maximum Gasteiger partial charge on any atom is 0.239 e. The average molecular weight is 201 g/mol. The van der Waals surface area contributed by atoms with Crippen LogP contribution in [0.1, 0.15) is 27.2 Å². The largest absolute Gasteiger partial charge is 0.370 e. The maximum absolute atomic E-state index is 11.5. The van der Waals surface area contributed by atoms with Gasteiger partial charge in [-0.3, -0.25) is 9.59 Å². The number of nitrogens with one attached hydrogen (secondary N) is 2. The number of primary amides is 1. The van der Waals surface area contributed by atoms with Crippen molar-refractivity contribution in [1.29, 1.82) is 0 Å². The van der Waals surface area contributed by atoms with E-state index in [0.717, 1.165) is 6.54 Å². The van der Waals surface area contributed by atoms with E-state index in [1.54, 1.807) is 13.8 Å². The summed E-state index contributed by atoms with van der Waals surface area (Å²) in [6, 6.07) is 0. The lowest BCUT2D eigenvalue weighted by Crippen LogP contribution is -2.52. The number of nitrogens with two attached hydrogens (primary N) is 1. The third kappa shape index (κ3) is 4.81. The summed E-state index contributed by atoms with van der Waals surface area (Å²) in [6.07, 6.45) is 0.175. The van der Waals surface area contributed by atoms with E-state index >= 15 is 0 Å². The predicted octanol–water partition coefficient (Wildman–Crippen LogP) is -0.634. The standard InChI is InChI=1S/C9H19N3O2/c1-4-12-9(2,3)8(14)11-6-5-7(10)13/h12H,4-6H2,1-3H3,(H2,10,13)(H,11,14). The molecular formula is C9H19N3O2. The molecule has 2 amide bonds. The third-order valence-electron chi connectivity index (χ3n) is 1.84. The Morgan fingerprint density at radius 2 is 1.93 bits per heavy atom. The monoisotopic (exact) mass is 201 g/mol. The first-order valence-electron chi connectivity index (χ1n) is 4.71. The summed E-state index contributed by atoms with van der Waals surface area (Å²) in [5, 5.41) is 5.67. The van der Waals surface area contributed by atoms with E-state index in [2.05, 4.69) is 10.6 Å². The Morgan fingerprint density at radius 3 is 2.36 bits per heavy atom. The second-order valence-electron chi connectivity index (χ2n) is 3.63. The minimum atomic E-state index is -0.605. The average Bonchev–Trinajstić information content (AvgIpc) is 2.03. The minimum Gasteiger partial charge on any atom is -0.370 e. The zero-order chi connectivity index (χ0) is 11.2. The van der Waals surface area contributed by atoms with Crippen molar-refractivity contribution in [2.75, 3.05) is 13.1 Å². The molecule has 0 aromatic heterocycles. The van der Waals surface area contributed by atoms with Gasteiger partial charge in [-0.05, 0) is 20.4 Å². The molecule has 0 spiro atoms. The molecule has 4 N–H and O–H groups in total. The highest BCUT2D eigenvalue weighted by Gasteiger charge is 2.25. The van der Waals surface area contributed by atoms with Crippen LogP contribution in [0.4, 0.5) is 0 Å². The predicted molar refractivity (Wildman–Crippen MR) is 54.6 cm³/mol. The number of rotatable bonds is 6. The zero-order valence-corrected chi connectivity index (χ0v) is 9.02. The lowest BCUT2D eigenvalue weighted by Gasteiger charge is -2.24. The summed E-state index contributed by atoms with van der Waals surface area (Å²) in [7, 11) is 0. The number of carbonyl (C=O) groups excluding carboxylic acids is 2. The molecule has 0 atom stereocenters. The second-order valence-corrected chi connectivity index (χ2v) is 3.63. The van der Waals surface area contributed by atoms with Crippen LogP contribution in [0, 0.1) is 0 Å². The van der Waals surface area contributed by atoms with Crippen LogP contribution in [0.25, 0.3) is 0 Å². The van der Waals surface area contributed by atoms with E-state index in [1.807, 2.05) is 6.92 Å². The summed E-state index contributed by atoms with van der Waals surface area (Å²) in [6.45, 7) is 6.52. The van der Waals surface area contributed by atoms with Gasteiger partial charge in [-0.2, -0.15) is 0 Å². The Labute approximate surface area is 84.4 Å². The van der Waals surface area contributed by atoms with Crippen molar-refractivity contribution in [3.8, 4) is 0 Å². The molecule has 0 aromatic rings. The van der Waals surface area contributed by atoms with E-state index < -0.39 is 11.4 Å². The molecule has 5 heteroatoms. The normalized spacial score (nSPS) is 11.1. The lowest BCUT2D eigenvalue weighted by molar-refractivity contribution is -0.126. The van der Waals surface area contributed by atoms with Crippen LogP contribution in [-0.4, -0.2) is 30.4 Å². The lowest BCUT2D eigenvalue weighted by atomic mass is 10.0. The second kappa shape index (κ2) is 5.59. The Bertz CT molecular complexity index is 214. The SMILES string of the molecule is CCNC(C)(C)C(=O)NCCC(N)=O. The van der Waals surface area contributed by atoms with Crippen LogP contribution >= 0.6 is 0 Å². The van der Waals surface area contributed by atoms with Gasteiger partial charge in [-0.1, -0.05) is 6.92 Å². The molecule has 0 aliphatic rings. The fraction of sp³-hybridized carbons (Fsp3) is 0.778. The van der Waals surface area contributed by atoms with Crippen LogP contribution in [0.5, 0.6) is 0 Å². The molecule has 82 valence electrons. The summed E-state index contributed by atoms with van der Waals surface area (Å²) in [5.41, 5.74) is 4.34. The van der Waals surface area contributed by atoms with Gasteiger partial charge in [0, 0.05) is 13.0 Å². The Hall–Kier alpha value is -1.10. The molecular weight excluding hydrogens is 182 g/mol. The van der Waals surface area contributed by atoms with Gasteiger partial charge in [-0.25, -0.2) is 0 Å². The fourth-order valence-corrected chi connectivity index (χ4v) is 1.04. The first kappa shape index (κ1) is 12.9. The van der Waals surface area contributed by atoms with Crippen molar-refractivity contribution >= 4 is 11.8 Å². The number of hydrogen-bond donors (Lipinski definition) is 3. The quantitative estimate of drug-likeness (QED) is 0.535. The van der Waals surface area contributed by atoms with Gasteiger partial charge in [0.1, 0.15) is 0 Å². The number of amides is 2. The summed E-state index contributed by atoms with van der Waals surface area (Å²) < 4.78 is 0. The molecule has 0 fully saturated rings. The highest BCUT2D eigenvalue weighted by Crippen LogP contribution is 2.00. The van der Waals surface area contributed by atoms with Crippen molar-refractivity contribution in [2.45, 2.75) is 32.7 Å². The van der Waals surface area contributed by atoms with Crippen LogP contribution in [-0.2, 0) is 9.59 Å². The molecule has 0 saturated carbocycles. The first-order valence-corrected chi connectivity index (χ1v) is 4.71. The van der Waals surface area contributed by atoms with E-state index in [4.69, 9.17) is 5.73 Å². The van der Waals surface area contributed by atoms with E-state index in [0.29, 0.717) is 6.54 Å². The van der Waals surface area contributed by atoms with Crippen molar-refractivity contribution in [2.24, 2.45) is 5.73 Å². The van der Waals surface area contributed by atoms with Gasteiger partial charge in [-0.15, -0.1) is 0 Å². The summed E-state index contributed by atoms with van der Waals surface area (Å²) in [4.78, 5) is 21.9. The topological polar surface area (TPSA) is 84.2 Å². The highest BCUT2D eigenvalue weighted by atomic mass is 16.2. The van der Waals surface area contributed by atoms with Crippen LogP contribution in [0.2, 0.25) is 0 Å². The Balaban J connectivity index is 3.88. The van der Waals surface area contributed by atoms with Crippen molar-refractivity contribution in [1.82, 2.24) is 10.6 Å². The smallest absolute Gasteiger partial charge is 0.239 e. The van der Waals surface area contributed by atoms with Crippen LogP contribution < -0.4 is 16.4 Å². The van der Waals surface area contributed by atoms with Gasteiger partial charge in [0.25, 0.3) is 0 Å². The molecule has 0 unspecified atom stereocenters. The van der Waals surface area contributed by atoms with Crippen molar-refractivity contribution < 1.29 is 9.59 Å². The van der Waals surface area contributed by atoms with Gasteiger partial charge in [0.15, 0.2) is 0 Å². The van der Waals surface area contributed by atoms with Gasteiger partial charge in [0.05, 0.1) is 5.54 Å². The van der Waals surface area contributed by atoms with E-state index in [1.165, 1.54) is 0 Å². The summed E-state index contributed by atoms with van der Waals surface area (Å²) >= 11 is 0. The molecule has 0 aliphatic carbocycles. The summed E-state index contributed by atoms with van der Waals surface area (Å²) in [5.74, 6) is -0.535. The number of carbonyl (C=O) groups is 2. The molecule has 5 nitrogen and oxygen atoms in total. The molecule has 0 radical (unpaired) electrons. The maximum atomic E-state index is 11.5. The number of hydrogen-bond acceptors (Lipinski definition) is 3. The number of likely N-dealkylation sites (N-methyl/N-ethyl adjacent to an activating group) is 1. The Kier molecular flexibility index (Phi) is 5.15. The van der Waals surface area contributed by atoms with Crippen molar-refractivity contribution in [3.05, 3.63) is 0 Å².